The Morgan fingerprint density at radius 2 is 1.42 bits per heavy atom. The third-order valence-corrected chi connectivity index (χ3v) is 3.44. The number of hydrogen-bond acceptors (Lipinski definition) is 2. The summed E-state index contributed by atoms with van der Waals surface area (Å²) in [5, 5.41) is 13.1. The number of nitrogens with one attached hydrogen (secondary N) is 1. The Balaban J connectivity index is 1.77. The lowest BCUT2D eigenvalue weighted by Gasteiger charge is -2.01. The number of aliphatic carboxylic acids is 1. The fraction of sp³-hybridized carbons (Fsp3) is 0. The Labute approximate surface area is 138 Å². The van der Waals surface area contributed by atoms with Gasteiger partial charge in [-0.2, -0.15) is 0 Å². The fourth-order valence-corrected chi connectivity index (χ4v) is 2.23. The number of anilines is 1. The number of amides is 1. The lowest BCUT2D eigenvalue weighted by atomic mass is 10.1. The van der Waals surface area contributed by atoms with Crippen molar-refractivity contribution in [3.05, 3.63) is 77.9 Å². The summed E-state index contributed by atoms with van der Waals surface area (Å²) in [6, 6.07) is 20.8. The van der Waals surface area contributed by atoms with Crippen molar-refractivity contribution in [2.45, 2.75) is 0 Å². The molecule has 4 heteroatoms. The van der Waals surface area contributed by atoms with Gasteiger partial charge in [-0.05, 0) is 47.2 Å². The van der Waals surface area contributed by atoms with Crippen LogP contribution in [-0.2, 0) is 9.59 Å². The highest BCUT2D eigenvalue weighted by Crippen LogP contribution is 2.15. The van der Waals surface area contributed by atoms with E-state index < -0.39 is 11.9 Å². The molecule has 0 aliphatic rings. The summed E-state index contributed by atoms with van der Waals surface area (Å²) in [5.74, 6) is 3.57. The Hall–Kier alpha value is -3.58. The van der Waals surface area contributed by atoms with Crippen LogP contribution in [0.5, 0.6) is 0 Å². The maximum atomic E-state index is 11.1. The molecule has 116 valence electrons. The van der Waals surface area contributed by atoms with Gasteiger partial charge in [0, 0.05) is 16.8 Å². The van der Waals surface area contributed by atoms with E-state index in [2.05, 4.69) is 23.2 Å². The smallest absolute Gasteiger partial charge is 0.394 e. The second-order valence-corrected chi connectivity index (χ2v) is 5.15. The Morgan fingerprint density at radius 3 is 2.12 bits per heavy atom. The van der Waals surface area contributed by atoms with E-state index in [1.165, 1.54) is 5.39 Å². The molecule has 3 aromatic carbocycles. The summed E-state index contributed by atoms with van der Waals surface area (Å²) in [7, 11) is 0. The second-order valence-electron chi connectivity index (χ2n) is 5.15. The van der Waals surface area contributed by atoms with Crippen LogP contribution in [0.4, 0.5) is 5.69 Å². The zero-order chi connectivity index (χ0) is 16.9. The molecule has 0 saturated heterocycles. The van der Waals surface area contributed by atoms with Crippen LogP contribution < -0.4 is 5.32 Å². The standard InChI is InChI=1S/C20H13NO3/c22-19(20(23)24)21-18-11-8-14(9-12-18)5-6-15-7-10-16-3-1-2-4-17(16)13-15/h1-4,7-13H,(H,21,22)(H,23,24). The van der Waals surface area contributed by atoms with Gasteiger partial charge in [0.05, 0.1) is 0 Å². The molecule has 0 unspecified atom stereocenters. The molecule has 3 rings (SSSR count). The van der Waals surface area contributed by atoms with Crippen LogP contribution in [0.2, 0.25) is 0 Å². The SMILES string of the molecule is O=C(O)C(=O)Nc1ccc(C#Cc2ccc3ccccc3c2)cc1. The average molecular weight is 315 g/mol. The van der Waals surface area contributed by atoms with Crippen molar-refractivity contribution in [3.63, 3.8) is 0 Å². The van der Waals surface area contributed by atoms with E-state index in [1.54, 1.807) is 24.3 Å². The minimum atomic E-state index is -1.52. The molecule has 0 spiro atoms. The van der Waals surface area contributed by atoms with Gasteiger partial charge in [-0.25, -0.2) is 4.79 Å². The van der Waals surface area contributed by atoms with Gasteiger partial charge in [0.15, 0.2) is 0 Å². The molecule has 2 N–H and O–H groups in total. The van der Waals surface area contributed by atoms with E-state index in [1.807, 2.05) is 36.4 Å². The molecule has 0 heterocycles. The van der Waals surface area contributed by atoms with Crippen molar-refractivity contribution in [1.29, 1.82) is 0 Å². The molecule has 0 aliphatic heterocycles. The number of fused-ring (bicyclic) bond motifs is 1. The molecule has 3 aromatic rings. The van der Waals surface area contributed by atoms with Gasteiger partial charge in [0.2, 0.25) is 0 Å². The Morgan fingerprint density at radius 1 is 0.792 bits per heavy atom. The van der Waals surface area contributed by atoms with E-state index in [0.717, 1.165) is 16.5 Å². The fourth-order valence-electron chi connectivity index (χ4n) is 2.23. The zero-order valence-electron chi connectivity index (χ0n) is 12.6. The number of carbonyl (C=O) groups is 2. The molecule has 4 nitrogen and oxygen atoms in total. The Kier molecular flexibility index (Phi) is 4.26. The largest absolute Gasteiger partial charge is 0.474 e. The summed E-state index contributed by atoms with van der Waals surface area (Å²) in [5.41, 5.74) is 2.10. The first-order chi connectivity index (χ1) is 11.6. The third kappa shape index (κ3) is 3.60. The van der Waals surface area contributed by atoms with Crippen LogP contribution >= 0.6 is 0 Å². The van der Waals surface area contributed by atoms with E-state index in [9.17, 15) is 9.59 Å². The van der Waals surface area contributed by atoms with Gasteiger partial charge >= 0.3 is 11.9 Å². The molecular weight excluding hydrogens is 302 g/mol. The van der Waals surface area contributed by atoms with Gasteiger partial charge in [0.1, 0.15) is 0 Å². The molecule has 1 amide bonds. The summed E-state index contributed by atoms with van der Waals surface area (Å²) < 4.78 is 0. The second kappa shape index (κ2) is 6.67. The molecule has 0 aliphatic carbocycles. The average Bonchev–Trinajstić information content (AvgIpc) is 2.61. The quantitative estimate of drug-likeness (QED) is 0.535. The van der Waals surface area contributed by atoms with Gasteiger partial charge in [0.25, 0.3) is 0 Å². The third-order valence-electron chi connectivity index (χ3n) is 3.44. The van der Waals surface area contributed by atoms with E-state index in [-0.39, 0.29) is 0 Å². The first kappa shape index (κ1) is 15.3. The zero-order valence-corrected chi connectivity index (χ0v) is 12.6. The molecule has 0 fully saturated rings. The maximum Gasteiger partial charge on any atom is 0.394 e. The maximum absolute atomic E-state index is 11.1. The van der Waals surface area contributed by atoms with Gasteiger partial charge < -0.3 is 10.4 Å². The number of carboxylic acid groups (broad SMARTS) is 1. The molecule has 24 heavy (non-hydrogen) atoms. The first-order valence-corrected chi connectivity index (χ1v) is 7.27. The number of benzene rings is 3. The molecule has 0 aromatic heterocycles. The predicted molar refractivity (Wildman–Crippen MR) is 92.6 cm³/mol. The van der Waals surface area contributed by atoms with Crippen LogP contribution in [0.15, 0.2) is 66.7 Å². The van der Waals surface area contributed by atoms with Crippen molar-refractivity contribution in [1.82, 2.24) is 0 Å². The summed E-state index contributed by atoms with van der Waals surface area (Å²) >= 11 is 0. The van der Waals surface area contributed by atoms with Crippen LogP contribution in [0, 0.1) is 11.8 Å². The van der Waals surface area contributed by atoms with Crippen molar-refractivity contribution in [2.24, 2.45) is 0 Å². The monoisotopic (exact) mass is 315 g/mol. The summed E-state index contributed by atoms with van der Waals surface area (Å²) in [6.07, 6.45) is 0. The first-order valence-electron chi connectivity index (χ1n) is 7.27. The van der Waals surface area contributed by atoms with Gasteiger partial charge in [-0.3, -0.25) is 4.79 Å². The van der Waals surface area contributed by atoms with Gasteiger partial charge in [-0.15, -0.1) is 0 Å². The van der Waals surface area contributed by atoms with E-state index in [4.69, 9.17) is 5.11 Å². The van der Waals surface area contributed by atoms with Crippen LogP contribution in [0.1, 0.15) is 11.1 Å². The van der Waals surface area contributed by atoms with Crippen LogP contribution in [0.3, 0.4) is 0 Å². The topological polar surface area (TPSA) is 66.4 Å². The lowest BCUT2D eigenvalue weighted by molar-refractivity contribution is -0.147. The number of hydrogen-bond donors (Lipinski definition) is 2. The number of carbonyl (C=O) groups excluding carboxylic acids is 1. The molecule has 0 atom stereocenters. The molecular formula is C20H13NO3. The number of rotatable bonds is 1. The highest BCUT2D eigenvalue weighted by atomic mass is 16.4. The Bertz CT molecular complexity index is 979. The van der Waals surface area contributed by atoms with Crippen LogP contribution in [-0.4, -0.2) is 17.0 Å². The predicted octanol–water partition coefficient (Wildman–Crippen LogP) is 3.26. The molecule has 0 saturated carbocycles. The van der Waals surface area contributed by atoms with Crippen molar-refractivity contribution in [2.75, 3.05) is 5.32 Å². The minimum absolute atomic E-state index is 0.415. The number of carboxylic acids is 1. The van der Waals surface area contributed by atoms with Crippen molar-refractivity contribution < 1.29 is 14.7 Å². The van der Waals surface area contributed by atoms with Crippen molar-refractivity contribution >= 4 is 28.3 Å². The van der Waals surface area contributed by atoms with E-state index >= 15 is 0 Å². The van der Waals surface area contributed by atoms with Crippen LogP contribution in [0.25, 0.3) is 10.8 Å². The lowest BCUT2D eigenvalue weighted by Crippen LogP contribution is -2.21. The normalized spacial score (nSPS) is 9.83. The van der Waals surface area contributed by atoms with Crippen molar-refractivity contribution in [3.8, 4) is 11.8 Å². The van der Waals surface area contributed by atoms with E-state index in [0.29, 0.717) is 5.69 Å². The summed E-state index contributed by atoms with van der Waals surface area (Å²) in [6.45, 7) is 0. The van der Waals surface area contributed by atoms with Gasteiger partial charge in [-0.1, -0.05) is 42.2 Å². The molecule has 0 bridgehead atoms. The minimum Gasteiger partial charge on any atom is -0.474 e. The molecule has 0 radical (unpaired) electrons. The highest BCUT2D eigenvalue weighted by molar-refractivity contribution is 6.36. The highest BCUT2D eigenvalue weighted by Gasteiger charge is 2.10. The summed E-state index contributed by atoms with van der Waals surface area (Å²) in [4.78, 5) is 21.6.